The van der Waals surface area contributed by atoms with Gasteiger partial charge in [-0.15, -0.1) is 11.3 Å². The number of nitrogens with one attached hydrogen (secondary N) is 1. The SMILES string of the molecule is CC(c1cn[nH]c1)c1cn(CC(=O)N(C)Cc2ccc(-c3ccc(F)cc3)s2)c(SCc2ccc(F)cc2)nc1=O. The Bertz CT molecular complexity index is 1680. The van der Waals surface area contributed by atoms with Gasteiger partial charge < -0.3 is 9.47 Å². The van der Waals surface area contributed by atoms with E-state index >= 15 is 0 Å². The fraction of sp³-hybridized carbons (Fsp3) is 0.200. The molecule has 0 aliphatic heterocycles. The number of nitrogens with zero attached hydrogens (tertiary/aromatic N) is 4. The lowest BCUT2D eigenvalue weighted by atomic mass is 9.98. The summed E-state index contributed by atoms with van der Waals surface area (Å²) in [6.07, 6.45) is 5.08. The molecule has 0 saturated heterocycles. The number of halogens is 2. The molecule has 0 saturated carbocycles. The van der Waals surface area contributed by atoms with Gasteiger partial charge in [0.25, 0.3) is 5.56 Å². The minimum Gasteiger partial charge on any atom is -0.339 e. The van der Waals surface area contributed by atoms with Crippen molar-refractivity contribution in [1.29, 1.82) is 0 Å². The third kappa shape index (κ3) is 6.98. The number of thiophene rings is 1. The minimum absolute atomic E-state index is 0.0170. The molecule has 41 heavy (non-hydrogen) atoms. The van der Waals surface area contributed by atoms with E-state index in [0.717, 1.165) is 26.4 Å². The van der Waals surface area contributed by atoms with Gasteiger partial charge in [-0.25, -0.2) is 8.78 Å². The normalized spacial score (nSPS) is 11.9. The Balaban J connectivity index is 1.35. The summed E-state index contributed by atoms with van der Waals surface area (Å²) < 4.78 is 28.4. The number of carbonyl (C=O) groups excluding carboxylic acids is 1. The molecule has 210 valence electrons. The first-order valence-electron chi connectivity index (χ1n) is 12.8. The lowest BCUT2D eigenvalue weighted by Crippen LogP contribution is -2.31. The standard InChI is InChI=1S/C30H27F2N5O2S2/c1-19(22-13-33-34-14-22)26-16-37(30(35-29(26)39)40-18-20-3-7-23(31)8-4-20)17-28(38)36(2)15-25-11-12-27(41-25)21-5-9-24(32)10-6-21/h3-14,16,19H,15,17-18H2,1-2H3,(H,33,34). The van der Waals surface area contributed by atoms with Crippen molar-refractivity contribution in [2.75, 3.05) is 7.05 Å². The number of thioether (sulfide) groups is 1. The van der Waals surface area contributed by atoms with Crippen molar-refractivity contribution in [1.82, 2.24) is 24.6 Å². The van der Waals surface area contributed by atoms with Gasteiger partial charge in [0.05, 0.1) is 12.7 Å². The maximum Gasteiger partial charge on any atom is 0.277 e. The fourth-order valence-electron chi connectivity index (χ4n) is 4.25. The van der Waals surface area contributed by atoms with Crippen LogP contribution in [0, 0.1) is 11.6 Å². The van der Waals surface area contributed by atoms with Gasteiger partial charge in [0.1, 0.15) is 18.2 Å². The van der Waals surface area contributed by atoms with Crippen LogP contribution in [-0.2, 0) is 23.6 Å². The molecule has 11 heteroatoms. The highest BCUT2D eigenvalue weighted by Gasteiger charge is 2.20. The Morgan fingerprint density at radius 1 is 1.07 bits per heavy atom. The summed E-state index contributed by atoms with van der Waals surface area (Å²) in [5.41, 5.74) is 2.70. The number of aromatic nitrogens is 4. The van der Waals surface area contributed by atoms with Crippen LogP contribution in [0.4, 0.5) is 8.78 Å². The molecule has 1 N–H and O–H groups in total. The predicted molar refractivity (Wildman–Crippen MR) is 157 cm³/mol. The van der Waals surface area contributed by atoms with E-state index in [1.165, 1.54) is 36.0 Å². The van der Waals surface area contributed by atoms with Gasteiger partial charge in [-0.1, -0.05) is 43.0 Å². The number of benzene rings is 2. The average Bonchev–Trinajstić information content (AvgIpc) is 3.67. The maximum absolute atomic E-state index is 13.4. The summed E-state index contributed by atoms with van der Waals surface area (Å²) in [7, 11) is 1.73. The number of aromatic amines is 1. The van der Waals surface area contributed by atoms with E-state index in [1.54, 1.807) is 70.7 Å². The number of hydrogen-bond acceptors (Lipinski definition) is 6. The fourth-order valence-corrected chi connectivity index (χ4v) is 6.23. The highest BCUT2D eigenvalue weighted by Crippen LogP contribution is 2.29. The number of H-pyrrole nitrogens is 1. The molecule has 5 aromatic rings. The number of amides is 1. The predicted octanol–water partition coefficient (Wildman–Crippen LogP) is 6.08. The van der Waals surface area contributed by atoms with Gasteiger partial charge in [0.2, 0.25) is 5.91 Å². The first-order valence-corrected chi connectivity index (χ1v) is 14.6. The van der Waals surface area contributed by atoms with Gasteiger partial charge in [0.15, 0.2) is 5.16 Å². The number of hydrogen-bond donors (Lipinski definition) is 1. The third-order valence-electron chi connectivity index (χ3n) is 6.67. The second kappa shape index (κ2) is 12.6. The zero-order chi connectivity index (χ0) is 28.9. The van der Waals surface area contributed by atoms with E-state index in [4.69, 9.17) is 0 Å². The van der Waals surface area contributed by atoms with Gasteiger partial charge in [-0.05, 0) is 53.1 Å². The second-order valence-corrected chi connectivity index (χ2v) is 11.7. The molecule has 0 radical (unpaired) electrons. The molecular formula is C30H27F2N5O2S2. The molecule has 1 atom stereocenters. The smallest absolute Gasteiger partial charge is 0.277 e. The molecule has 0 spiro atoms. The molecule has 1 unspecified atom stereocenters. The lowest BCUT2D eigenvalue weighted by molar-refractivity contribution is -0.131. The van der Waals surface area contributed by atoms with E-state index in [1.807, 2.05) is 19.1 Å². The van der Waals surface area contributed by atoms with Crippen LogP contribution in [0.3, 0.4) is 0 Å². The van der Waals surface area contributed by atoms with E-state index in [2.05, 4.69) is 15.2 Å². The summed E-state index contributed by atoms with van der Waals surface area (Å²) in [6, 6.07) is 16.4. The Hall–Kier alpha value is -4.09. The van der Waals surface area contributed by atoms with Gasteiger partial charge in [-0.3, -0.25) is 14.7 Å². The van der Waals surface area contributed by atoms with Crippen molar-refractivity contribution < 1.29 is 13.6 Å². The molecule has 0 aliphatic rings. The van der Waals surface area contributed by atoms with Crippen LogP contribution in [0.1, 0.15) is 34.4 Å². The zero-order valence-electron chi connectivity index (χ0n) is 22.4. The van der Waals surface area contributed by atoms with Gasteiger partial charge >= 0.3 is 0 Å². The van der Waals surface area contributed by atoms with Crippen LogP contribution in [0.25, 0.3) is 10.4 Å². The van der Waals surface area contributed by atoms with Crippen LogP contribution in [0.15, 0.2) is 89.2 Å². The van der Waals surface area contributed by atoms with E-state index in [0.29, 0.717) is 23.0 Å². The number of rotatable bonds is 10. The Labute approximate surface area is 243 Å². The third-order valence-corrected chi connectivity index (χ3v) is 8.85. The maximum atomic E-state index is 13.4. The summed E-state index contributed by atoms with van der Waals surface area (Å²) in [5.74, 6) is -0.590. The summed E-state index contributed by atoms with van der Waals surface area (Å²) in [4.78, 5) is 34.4. The molecule has 0 aliphatic carbocycles. The summed E-state index contributed by atoms with van der Waals surface area (Å²) in [5, 5.41) is 7.15. The van der Waals surface area contributed by atoms with Crippen molar-refractivity contribution in [3.05, 3.63) is 123 Å². The van der Waals surface area contributed by atoms with Gasteiger partial charge in [-0.2, -0.15) is 10.1 Å². The summed E-state index contributed by atoms with van der Waals surface area (Å²) in [6.45, 7) is 2.27. The van der Waals surface area contributed by atoms with Crippen molar-refractivity contribution >= 4 is 29.0 Å². The van der Waals surface area contributed by atoms with Gasteiger partial charge in [0, 0.05) is 46.4 Å². The number of carbonyl (C=O) groups is 1. The Kier molecular flexibility index (Phi) is 8.75. The van der Waals surface area contributed by atoms with Crippen LogP contribution < -0.4 is 5.56 Å². The van der Waals surface area contributed by atoms with E-state index in [9.17, 15) is 18.4 Å². The monoisotopic (exact) mass is 591 g/mol. The topological polar surface area (TPSA) is 83.9 Å². The molecule has 2 aromatic carbocycles. The largest absolute Gasteiger partial charge is 0.339 e. The molecule has 0 fully saturated rings. The lowest BCUT2D eigenvalue weighted by Gasteiger charge is -2.20. The Morgan fingerprint density at radius 2 is 1.78 bits per heavy atom. The zero-order valence-corrected chi connectivity index (χ0v) is 24.0. The van der Waals surface area contributed by atoms with Crippen LogP contribution >= 0.6 is 23.1 Å². The van der Waals surface area contributed by atoms with Crippen LogP contribution in [0.2, 0.25) is 0 Å². The quantitative estimate of drug-likeness (QED) is 0.157. The molecule has 0 bridgehead atoms. The molecule has 7 nitrogen and oxygen atoms in total. The first kappa shape index (κ1) is 28.4. The molecular weight excluding hydrogens is 564 g/mol. The van der Waals surface area contributed by atoms with Crippen molar-refractivity contribution in [2.45, 2.75) is 36.8 Å². The highest BCUT2D eigenvalue weighted by atomic mass is 32.2. The molecule has 3 heterocycles. The summed E-state index contributed by atoms with van der Waals surface area (Å²) >= 11 is 2.86. The second-order valence-electron chi connectivity index (χ2n) is 9.60. The Morgan fingerprint density at radius 3 is 2.46 bits per heavy atom. The average molecular weight is 592 g/mol. The van der Waals surface area contributed by atoms with Crippen molar-refractivity contribution in [3.63, 3.8) is 0 Å². The number of likely N-dealkylation sites (N-methyl/N-ethyl adjacent to an activating group) is 1. The van der Waals surface area contributed by atoms with E-state index < -0.39 is 0 Å². The molecule has 3 aromatic heterocycles. The first-order chi connectivity index (χ1) is 19.8. The van der Waals surface area contributed by atoms with E-state index in [-0.39, 0.29) is 35.6 Å². The van der Waals surface area contributed by atoms with Crippen molar-refractivity contribution in [3.8, 4) is 10.4 Å². The van der Waals surface area contributed by atoms with Crippen LogP contribution in [-0.4, -0.2) is 37.6 Å². The van der Waals surface area contributed by atoms with Crippen LogP contribution in [0.5, 0.6) is 0 Å². The highest BCUT2D eigenvalue weighted by molar-refractivity contribution is 7.98. The van der Waals surface area contributed by atoms with Crippen molar-refractivity contribution in [2.24, 2.45) is 0 Å². The molecule has 5 rings (SSSR count). The minimum atomic E-state index is -0.371. The molecule has 1 amide bonds.